The van der Waals surface area contributed by atoms with E-state index in [2.05, 4.69) is 22.8 Å². The topological polar surface area (TPSA) is 41.9 Å². The Hall–Kier alpha value is -1.39. The lowest BCUT2D eigenvalue weighted by molar-refractivity contribution is -0.630. The van der Waals surface area contributed by atoms with Crippen molar-refractivity contribution < 1.29 is 4.68 Å². The Morgan fingerprint density at radius 1 is 1.31 bits per heavy atom. The number of nitrogens with zero attached hydrogens (tertiary/aromatic N) is 1. The van der Waals surface area contributed by atoms with E-state index in [4.69, 9.17) is 5.84 Å². The first-order chi connectivity index (χ1) is 7.83. The molecule has 0 spiro atoms. The largest absolute Gasteiger partial charge is 0.319 e. The van der Waals surface area contributed by atoms with Crippen molar-refractivity contribution in [2.45, 2.75) is 6.42 Å². The van der Waals surface area contributed by atoms with Crippen LogP contribution in [-0.4, -0.2) is 13.6 Å². The highest BCUT2D eigenvalue weighted by Gasteiger charge is 2.18. The van der Waals surface area contributed by atoms with Crippen molar-refractivity contribution in [3.63, 3.8) is 0 Å². The molecule has 3 nitrogen and oxygen atoms in total. The molecule has 4 heteroatoms. The molecule has 0 atom stereocenters. The molecule has 0 aliphatic rings. The predicted molar refractivity (Wildman–Crippen MR) is 67.7 cm³/mol. The van der Waals surface area contributed by atoms with Gasteiger partial charge in [0.15, 0.2) is 0 Å². The number of hydrogen-bond acceptors (Lipinski definition) is 3. The number of hydrogen-bond donors (Lipinski definition) is 2. The molecule has 0 aliphatic carbocycles. The molecule has 0 radical (unpaired) electrons. The van der Waals surface area contributed by atoms with E-state index in [0.717, 1.165) is 18.0 Å². The molecular weight excluding hydrogens is 218 g/mol. The van der Waals surface area contributed by atoms with Gasteiger partial charge < -0.3 is 5.32 Å². The maximum absolute atomic E-state index is 6.08. The minimum absolute atomic E-state index is 0.947. The van der Waals surface area contributed by atoms with Gasteiger partial charge in [0.25, 0.3) is 5.01 Å². The Morgan fingerprint density at radius 2 is 2.06 bits per heavy atom. The van der Waals surface area contributed by atoms with Crippen molar-refractivity contribution in [1.82, 2.24) is 5.32 Å². The second kappa shape index (κ2) is 5.09. The molecule has 0 fully saturated rings. The fourth-order valence-electron chi connectivity index (χ4n) is 1.59. The van der Waals surface area contributed by atoms with Crippen molar-refractivity contribution in [2.75, 3.05) is 19.4 Å². The van der Waals surface area contributed by atoms with E-state index in [0.29, 0.717) is 0 Å². The Labute approximate surface area is 99.5 Å². The van der Waals surface area contributed by atoms with Gasteiger partial charge in [-0.15, -0.1) is 0 Å². The summed E-state index contributed by atoms with van der Waals surface area (Å²) in [4.78, 5) is 0. The first-order valence-corrected chi connectivity index (χ1v) is 6.18. The summed E-state index contributed by atoms with van der Waals surface area (Å²) < 4.78 is 1.79. The van der Waals surface area contributed by atoms with E-state index in [9.17, 15) is 0 Å². The molecule has 0 unspecified atom stereocenters. The third kappa shape index (κ3) is 2.23. The normalized spacial score (nSPS) is 10.6. The Bertz CT molecular complexity index is 451. The fourth-order valence-corrected chi connectivity index (χ4v) is 2.57. The fraction of sp³-hybridized carbons (Fsp3) is 0.250. The molecular formula is C12H16N3S+. The van der Waals surface area contributed by atoms with Crippen LogP contribution in [-0.2, 0) is 6.42 Å². The van der Waals surface area contributed by atoms with Gasteiger partial charge in [0.2, 0.25) is 5.69 Å². The highest BCUT2D eigenvalue weighted by molar-refractivity contribution is 7.12. The number of nitrogens with two attached hydrogens (primary N) is 1. The molecule has 16 heavy (non-hydrogen) atoms. The lowest BCUT2D eigenvalue weighted by Gasteiger charge is -1.95. The second-order valence-corrected chi connectivity index (χ2v) is 4.48. The van der Waals surface area contributed by atoms with E-state index >= 15 is 0 Å². The van der Waals surface area contributed by atoms with Crippen LogP contribution >= 0.6 is 11.3 Å². The van der Waals surface area contributed by atoms with Crippen molar-refractivity contribution in [3.05, 3.63) is 41.4 Å². The number of benzene rings is 1. The van der Waals surface area contributed by atoms with Crippen LogP contribution in [0.25, 0.3) is 10.6 Å². The zero-order valence-electron chi connectivity index (χ0n) is 9.31. The highest BCUT2D eigenvalue weighted by atomic mass is 32.1. The number of nitrogen functional groups attached to an aromatic ring is 1. The molecule has 1 aromatic carbocycles. The second-order valence-electron chi connectivity index (χ2n) is 3.62. The smallest absolute Gasteiger partial charge is 0.297 e. The molecule has 0 saturated carbocycles. The minimum Gasteiger partial charge on any atom is -0.319 e. The number of rotatable bonds is 4. The molecule has 2 aromatic rings. The third-order valence-corrected chi connectivity index (χ3v) is 3.53. The SMILES string of the molecule is CNCCc1csc(-c2ccccc2)[n+]1N. The van der Waals surface area contributed by atoms with Crippen LogP contribution in [0, 0.1) is 0 Å². The molecule has 0 aliphatic heterocycles. The van der Waals surface area contributed by atoms with Crippen LogP contribution in [0.2, 0.25) is 0 Å². The van der Waals surface area contributed by atoms with Gasteiger partial charge in [0.1, 0.15) is 0 Å². The van der Waals surface area contributed by atoms with Crippen LogP contribution < -0.4 is 15.8 Å². The molecule has 0 amide bonds. The van der Waals surface area contributed by atoms with Crippen molar-refractivity contribution in [3.8, 4) is 10.6 Å². The summed E-state index contributed by atoms with van der Waals surface area (Å²) in [6.07, 6.45) is 0.955. The van der Waals surface area contributed by atoms with Gasteiger partial charge in [-0.1, -0.05) is 34.2 Å². The van der Waals surface area contributed by atoms with Crippen molar-refractivity contribution >= 4 is 11.3 Å². The maximum atomic E-state index is 6.08. The van der Waals surface area contributed by atoms with Gasteiger partial charge in [0, 0.05) is 13.0 Å². The lowest BCUT2D eigenvalue weighted by atomic mass is 10.2. The van der Waals surface area contributed by atoms with Crippen LogP contribution in [0.15, 0.2) is 35.7 Å². The van der Waals surface area contributed by atoms with Gasteiger partial charge in [-0.05, 0) is 19.2 Å². The van der Waals surface area contributed by atoms with Gasteiger partial charge in [-0.2, -0.15) is 0 Å². The van der Waals surface area contributed by atoms with Gasteiger partial charge >= 0.3 is 0 Å². The average molecular weight is 234 g/mol. The lowest BCUT2D eigenvalue weighted by Crippen LogP contribution is -2.48. The standard InChI is InChI=1S/C12H16N3S/c1-14-8-7-11-9-16-12(15(11)13)10-5-3-2-4-6-10/h2-6,9,14H,7-8,13H2,1H3/q+1. The van der Waals surface area contributed by atoms with Gasteiger partial charge in [0.05, 0.1) is 10.9 Å². The number of thiazole rings is 1. The molecule has 3 N–H and O–H groups in total. The molecule has 1 heterocycles. The number of aromatic nitrogens is 1. The first kappa shape index (κ1) is 11.1. The maximum Gasteiger partial charge on any atom is 0.297 e. The van der Waals surface area contributed by atoms with E-state index in [1.807, 2.05) is 25.2 Å². The number of likely N-dealkylation sites (N-methyl/N-ethyl adjacent to an activating group) is 1. The Balaban J connectivity index is 2.27. The van der Waals surface area contributed by atoms with E-state index in [-0.39, 0.29) is 0 Å². The van der Waals surface area contributed by atoms with E-state index in [1.165, 1.54) is 11.3 Å². The molecule has 2 rings (SSSR count). The Kier molecular flexibility index (Phi) is 3.54. The zero-order chi connectivity index (χ0) is 11.4. The summed E-state index contributed by atoms with van der Waals surface area (Å²) in [6.45, 7) is 0.947. The summed E-state index contributed by atoms with van der Waals surface area (Å²) in [5, 5.41) is 6.36. The number of nitrogens with one attached hydrogen (secondary N) is 1. The summed E-state index contributed by atoms with van der Waals surface area (Å²) in [6, 6.07) is 10.2. The summed E-state index contributed by atoms with van der Waals surface area (Å²) >= 11 is 1.69. The summed E-state index contributed by atoms with van der Waals surface area (Å²) in [5.74, 6) is 6.08. The quantitative estimate of drug-likeness (QED) is 0.616. The molecule has 0 saturated heterocycles. The molecule has 1 aromatic heterocycles. The third-order valence-electron chi connectivity index (χ3n) is 2.49. The van der Waals surface area contributed by atoms with Crippen LogP contribution in [0.5, 0.6) is 0 Å². The predicted octanol–water partition coefficient (Wildman–Crippen LogP) is 1.18. The summed E-state index contributed by atoms with van der Waals surface area (Å²) in [5.41, 5.74) is 2.34. The summed E-state index contributed by atoms with van der Waals surface area (Å²) in [7, 11) is 1.95. The highest BCUT2D eigenvalue weighted by Crippen LogP contribution is 2.20. The van der Waals surface area contributed by atoms with Gasteiger partial charge in [-0.25, -0.2) is 5.84 Å². The monoisotopic (exact) mass is 234 g/mol. The van der Waals surface area contributed by atoms with Crippen LogP contribution in [0.3, 0.4) is 0 Å². The Morgan fingerprint density at radius 3 is 2.75 bits per heavy atom. The van der Waals surface area contributed by atoms with Crippen LogP contribution in [0.1, 0.15) is 5.69 Å². The van der Waals surface area contributed by atoms with E-state index < -0.39 is 0 Å². The molecule has 0 bridgehead atoms. The molecule has 84 valence electrons. The zero-order valence-corrected chi connectivity index (χ0v) is 10.1. The van der Waals surface area contributed by atoms with E-state index in [1.54, 1.807) is 16.0 Å². The van der Waals surface area contributed by atoms with Crippen molar-refractivity contribution in [1.29, 1.82) is 0 Å². The van der Waals surface area contributed by atoms with Crippen molar-refractivity contribution in [2.24, 2.45) is 0 Å². The average Bonchev–Trinajstić information content (AvgIpc) is 2.69. The first-order valence-electron chi connectivity index (χ1n) is 5.30. The minimum atomic E-state index is 0.947. The van der Waals surface area contributed by atoms with Gasteiger partial charge in [-0.3, -0.25) is 0 Å². The van der Waals surface area contributed by atoms with Crippen LogP contribution in [0.4, 0.5) is 0 Å².